The number of carbonyl (C=O) groups excluding carboxylic acids is 4. The van der Waals surface area contributed by atoms with Gasteiger partial charge in [-0.05, 0) is 33.1 Å². The van der Waals surface area contributed by atoms with Crippen molar-refractivity contribution in [1.82, 2.24) is 15.5 Å². The molecular formula is C16H27N5O6. The van der Waals surface area contributed by atoms with E-state index >= 15 is 0 Å². The van der Waals surface area contributed by atoms with E-state index in [9.17, 15) is 29.1 Å². The van der Waals surface area contributed by atoms with E-state index in [1.165, 1.54) is 18.7 Å². The largest absolute Gasteiger partial charge is 0.480 e. The molecule has 4 unspecified atom stereocenters. The van der Waals surface area contributed by atoms with Crippen molar-refractivity contribution >= 4 is 29.6 Å². The second-order valence-electron chi connectivity index (χ2n) is 6.61. The van der Waals surface area contributed by atoms with Crippen molar-refractivity contribution in [2.24, 2.45) is 11.5 Å². The monoisotopic (exact) mass is 385 g/mol. The predicted molar refractivity (Wildman–Crippen MR) is 94.0 cm³/mol. The molecule has 0 aliphatic carbocycles. The van der Waals surface area contributed by atoms with E-state index in [1.807, 2.05) is 0 Å². The van der Waals surface area contributed by atoms with Crippen molar-refractivity contribution in [2.45, 2.75) is 63.7 Å². The summed E-state index contributed by atoms with van der Waals surface area (Å²) in [7, 11) is 0. The third-order valence-electron chi connectivity index (χ3n) is 4.28. The van der Waals surface area contributed by atoms with Gasteiger partial charge in [0.05, 0.1) is 6.04 Å². The molecule has 0 radical (unpaired) electrons. The lowest BCUT2D eigenvalue weighted by molar-refractivity contribution is -0.145. The van der Waals surface area contributed by atoms with Gasteiger partial charge in [-0.3, -0.25) is 19.2 Å². The van der Waals surface area contributed by atoms with Crippen LogP contribution < -0.4 is 22.1 Å². The normalized spacial score (nSPS) is 19.7. The molecule has 1 aliphatic rings. The molecule has 0 saturated carbocycles. The maximum Gasteiger partial charge on any atom is 0.326 e. The molecule has 27 heavy (non-hydrogen) atoms. The number of amides is 4. The quantitative estimate of drug-likeness (QED) is 0.294. The summed E-state index contributed by atoms with van der Waals surface area (Å²) < 4.78 is 0. The molecule has 1 fully saturated rings. The predicted octanol–water partition coefficient (Wildman–Crippen LogP) is -2.34. The zero-order chi connectivity index (χ0) is 20.7. The summed E-state index contributed by atoms with van der Waals surface area (Å²) in [5.74, 6) is -3.53. The maximum absolute atomic E-state index is 12.6. The summed E-state index contributed by atoms with van der Waals surface area (Å²) in [6.07, 6.45) is 0.604. The van der Waals surface area contributed by atoms with Crippen LogP contribution in [0.4, 0.5) is 0 Å². The summed E-state index contributed by atoms with van der Waals surface area (Å²) in [6, 6.07) is -3.78. The van der Waals surface area contributed by atoms with E-state index in [-0.39, 0.29) is 12.8 Å². The SMILES string of the molecule is CC(N)C(=O)NC(C)C(=O)N1CCCC1C(=O)NC(CCC(N)=O)C(=O)O. The van der Waals surface area contributed by atoms with Gasteiger partial charge in [0, 0.05) is 13.0 Å². The van der Waals surface area contributed by atoms with E-state index in [0.717, 1.165) is 0 Å². The van der Waals surface area contributed by atoms with Crippen LogP contribution in [0.1, 0.15) is 39.5 Å². The van der Waals surface area contributed by atoms with E-state index in [4.69, 9.17) is 11.5 Å². The molecule has 0 aromatic carbocycles. The molecule has 0 aromatic rings. The number of hydrogen-bond acceptors (Lipinski definition) is 6. The van der Waals surface area contributed by atoms with Crippen molar-refractivity contribution in [3.63, 3.8) is 0 Å². The Morgan fingerprint density at radius 1 is 1.19 bits per heavy atom. The standard InChI is InChI=1S/C16H27N5O6/c1-8(17)13(23)19-9(2)15(25)21-7-3-4-11(21)14(24)20-10(16(26)27)5-6-12(18)22/h8-11H,3-7,17H2,1-2H3,(H2,18,22)(H,19,23)(H,20,24)(H,26,27). The van der Waals surface area contributed by atoms with Gasteiger partial charge in [-0.1, -0.05) is 0 Å². The first-order valence-electron chi connectivity index (χ1n) is 8.72. The Kier molecular flexibility index (Phi) is 8.16. The van der Waals surface area contributed by atoms with Gasteiger partial charge < -0.3 is 32.1 Å². The molecule has 4 amide bonds. The Labute approximate surface area is 156 Å². The Hall–Kier alpha value is -2.69. The molecular weight excluding hydrogens is 358 g/mol. The lowest BCUT2D eigenvalue weighted by Crippen LogP contribution is -2.55. The first-order chi connectivity index (χ1) is 12.5. The summed E-state index contributed by atoms with van der Waals surface area (Å²) in [5, 5.41) is 14.0. The van der Waals surface area contributed by atoms with Gasteiger partial charge in [0.15, 0.2) is 0 Å². The number of aliphatic carboxylic acids is 1. The highest BCUT2D eigenvalue weighted by Crippen LogP contribution is 2.19. The minimum atomic E-state index is -1.29. The molecule has 11 nitrogen and oxygen atoms in total. The molecule has 0 aromatic heterocycles. The van der Waals surface area contributed by atoms with Gasteiger partial charge in [0.2, 0.25) is 23.6 Å². The molecule has 1 heterocycles. The van der Waals surface area contributed by atoms with Crippen LogP contribution in [0.25, 0.3) is 0 Å². The Morgan fingerprint density at radius 3 is 2.33 bits per heavy atom. The molecule has 7 N–H and O–H groups in total. The number of carboxylic acids is 1. The molecule has 0 spiro atoms. The Morgan fingerprint density at radius 2 is 1.81 bits per heavy atom. The zero-order valence-electron chi connectivity index (χ0n) is 15.4. The minimum absolute atomic E-state index is 0.141. The van der Waals surface area contributed by atoms with Crippen LogP contribution in [-0.2, 0) is 24.0 Å². The Bertz CT molecular complexity index is 608. The number of hydrogen-bond donors (Lipinski definition) is 5. The second kappa shape index (κ2) is 9.86. The van der Waals surface area contributed by atoms with E-state index in [1.54, 1.807) is 0 Å². The zero-order valence-corrected chi connectivity index (χ0v) is 15.4. The summed E-state index contributed by atoms with van der Waals surface area (Å²) in [4.78, 5) is 60.1. The fraction of sp³-hybridized carbons (Fsp3) is 0.688. The highest BCUT2D eigenvalue weighted by molar-refractivity contribution is 5.94. The fourth-order valence-corrected chi connectivity index (χ4v) is 2.77. The van der Waals surface area contributed by atoms with Crippen LogP contribution in [0.3, 0.4) is 0 Å². The average molecular weight is 385 g/mol. The molecule has 1 saturated heterocycles. The first-order valence-corrected chi connectivity index (χ1v) is 8.72. The molecule has 11 heteroatoms. The van der Waals surface area contributed by atoms with E-state index < -0.39 is 53.8 Å². The molecule has 152 valence electrons. The van der Waals surface area contributed by atoms with Crippen molar-refractivity contribution < 1.29 is 29.1 Å². The summed E-state index contributed by atoms with van der Waals surface area (Å²) >= 11 is 0. The van der Waals surface area contributed by atoms with Crippen LogP contribution in [0.5, 0.6) is 0 Å². The van der Waals surface area contributed by atoms with Crippen LogP contribution in [0.2, 0.25) is 0 Å². The fourth-order valence-electron chi connectivity index (χ4n) is 2.77. The van der Waals surface area contributed by atoms with E-state index in [0.29, 0.717) is 19.4 Å². The number of carbonyl (C=O) groups is 5. The van der Waals surface area contributed by atoms with Gasteiger partial charge in [0.1, 0.15) is 18.1 Å². The number of nitrogens with zero attached hydrogens (tertiary/aromatic N) is 1. The van der Waals surface area contributed by atoms with Gasteiger partial charge in [0.25, 0.3) is 0 Å². The maximum atomic E-state index is 12.6. The number of nitrogens with two attached hydrogens (primary N) is 2. The topological polar surface area (TPSA) is 185 Å². The van der Waals surface area contributed by atoms with Crippen LogP contribution >= 0.6 is 0 Å². The van der Waals surface area contributed by atoms with Crippen LogP contribution in [-0.4, -0.2) is 70.3 Å². The Balaban J connectivity index is 2.75. The minimum Gasteiger partial charge on any atom is -0.480 e. The third-order valence-corrected chi connectivity index (χ3v) is 4.28. The smallest absolute Gasteiger partial charge is 0.326 e. The van der Waals surface area contributed by atoms with Gasteiger partial charge in [-0.15, -0.1) is 0 Å². The molecule has 4 atom stereocenters. The summed E-state index contributed by atoms with van der Waals surface area (Å²) in [6.45, 7) is 3.29. The van der Waals surface area contributed by atoms with Crippen LogP contribution in [0.15, 0.2) is 0 Å². The van der Waals surface area contributed by atoms with Crippen molar-refractivity contribution in [3.8, 4) is 0 Å². The second-order valence-corrected chi connectivity index (χ2v) is 6.61. The van der Waals surface area contributed by atoms with Crippen molar-refractivity contribution in [1.29, 1.82) is 0 Å². The van der Waals surface area contributed by atoms with E-state index in [2.05, 4.69) is 10.6 Å². The highest BCUT2D eigenvalue weighted by atomic mass is 16.4. The summed E-state index contributed by atoms with van der Waals surface area (Å²) in [5.41, 5.74) is 10.5. The molecule has 1 rings (SSSR count). The van der Waals surface area contributed by atoms with Gasteiger partial charge >= 0.3 is 5.97 Å². The third kappa shape index (κ3) is 6.51. The number of rotatable bonds is 9. The first kappa shape index (κ1) is 22.4. The number of likely N-dealkylation sites (tertiary alicyclic amines) is 1. The average Bonchev–Trinajstić information content (AvgIpc) is 3.06. The van der Waals surface area contributed by atoms with Crippen molar-refractivity contribution in [3.05, 3.63) is 0 Å². The number of nitrogens with one attached hydrogen (secondary N) is 2. The number of carboxylic acid groups (broad SMARTS) is 1. The van der Waals surface area contributed by atoms with Crippen molar-refractivity contribution in [2.75, 3.05) is 6.54 Å². The van der Waals surface area contributed by atoms with Gasteiger partial charge in [-0.2, -0.15) is 0 Å². The highest BCUT2D eigenvalue weighted by Gasteiger charge is 2.37. The lowest BCUT2D eigenvalue weighted by Gasteiger charge is -2.28. The molecule has 1 aliphatic heterocycles. The van der Waals surface area contributed by atoms with Crippen LogP contribution in [0, 0.1) is 0 Å². The molecule has 0 bridgehead atoms. The lowest BCUT2D eigenvalue weighted by atomic mass is 10.1. The number of primary amides is 1. The van der Waals surface area contributed by atoms with Gasteiger partial charge in [-0.25, -0.2) is 4.79 Å².